The smallest absolute Gasteiger partial charge is 0.237 e. The average molecular weight is 373 g/mol. The van der Waals surface area contributed by atoms with Gasteiger partial charge in [0.05, 0.1) is 25.2 Å². The molecule has 5 N–H and O–H groups in total. The molecule has 0 saturated carbocycles. The zero-order chi connectivity index (χ0) is 19.3. The maximum Gasteiger partial charge on any atom is 0.237 e. The summed E-state index contributed by atoms with van der Waals surface area (Å²) in [6, 6.07) is 8.46. The number of hydrogen-bond donors (Lipinski definition) is 3. The van der Waals surface area contributed by atoms with Crippen LogP contribution in [0.1, 0.15) is 12.5 Å². The van der Waals surface area contributed by atoms with Gasteiger partial charge in [0.25, 0.3) is 0 Å². The van der Waals surface area contributed by atoms with Crippen LogP contribution >= 0.6 is 11.8 Å². The number of anilines is 3. The van der Waals surface area contributed by atoms with Crippen molar-refractivity contribution in [3.05, 3.63) is 29.8 Å². The number of thioether (sulfide) groups is 1. The van der Waals surface area contributed by atoms with Crippen LogP contribution < -0.4 is 26.3 Å². The van der Waals surface area contributed by atoms with Gasteiger partial charge in [0.1, 0.15) is 22.5 Å². The van der Waals surface area contributed by atoms with Gasteiger partial charge in [-0.1, -0.05) is 11.8 Å². The van der Waals surface area contributed by atoms with Crippen molar-refractivity contribution < 1.29 is 14.3 Å². The van der Waals surface area contributed by atoms with E-state index in [2.05, 4.69) is 10.3 Å². The van der Waals surface area contributed by atoms with Gasteiger partial charge < -0.3 is 26.3 Å². The fourth-order valence-corrected chi connectivity index (χ4v) is 3.08. The number of methoxy groups -OCH3 is 2. The van der Waals surface area contributed by atoms with Crippen molar-refractivity contribution in [2.75, 3.05) is 31.0 Å². The highest BCUT2D eigenvalue weighted by Crippen LogP contribution is 2.32. The summed E-state index contributed by atoms with van der Waals surface area (Å²) in [7, 11) is 3.05. The van der Waals surface area contributed by atoms with Crippen molar-refractivity contribution in [2.24, 2.45) is 0 Å². The second kappa shape index (κ2) is 8.31. The topological polar surface area (TPSA) is 136 Å². The highest BCUT2D eigenvalue weighted by atomic mass is 32.2. The number of nitrogens with one attached hydrogen (secondary N) is 1. The lowest BCUT2D eigenvalue weighted by atomic mass is 10.2. The number of aromatic nitrogens is 1. The van der Waals surface area contributed by atoms with E-state index in [1.165, 1.54) is 20.3 Å². The average Bonchev–Trinajstić information content (AvgIpc) is 2.61. The van der Waals surface area contributed by atoms with Gasteiger partial charge >= 0.3 is 0 Å². The number of hydrogen-bond acceptors (Lipinski definition) is 8. The summed E-state index contributed by atoms with van der Waals surface area (Å²) >= 11 is 1.11. The van der Waals surface area contributed by atoms with E-state index in [4.69, 9.17) is 20.9 Å². The third-order valence-electron chi connectivity index (χ3n) is 3.46. The van der Waals surface area contributed by atoms with E-state index in [0.717, 1.165) is 11.8 Å². The Morgan fingerprint density at radius 2 is 1.96 bits per heavy atom. The Labute approximate surface area is 155 Å². The number of pyridine rings is 1. The number of carbonyl (C=O) groups is 1. The Hall–Kier alpha value is -3.12. The minimum Gasteiger partial charge on any atom is -0.493 e. The Balaban J connectivity index is 2.15. The van der Waals surface area contributed by atoms with Crippen molar-refractivity contribution in [3.63, 3.8) is 0 Å². The van der Waals surface area contributed by atoms with Gasteiger partial charge in [-0.25, -0.2) is 4.98 Å². The first-order valence-corrected chi connectivity index (χ1v) is 8.43. The van der Waals surface area contributed by atoms with Crippen LogP contribution in [-0.4, -0.2) is 30.4 Å². The number of carbonyl (C=O) groups excluding carboxylic acids is 1. The first-order valence-electron chi connectivity index (χ1n) is 7.55. The van der Waals surface area contributed by atoms with Gasteiger partial charge in [0, 0.05) is 17.8 Å². The van der Waals surface area contributed by atoms with E-state index in [0.29, 0.717) is 22.2 Å². The van der Waals surface area contributed by atoms with Gasteiger partial charge in [-0.05, 0) is 19.1 Å². The molecule has 1 amide bonds. The highest BCUT2D eigenvalue weighted by Gasteiger charge is 2.20. The summed E-state index contributed by atoms with van der Waals surface area (Å²) in [6.45, 7) is 1.70. The summed E-state index contributed by atoms with van der Waals surface area (Å²) in [6.07, 6.45) is 0. The molecule has 0 saturated heterocycles. The van der Waals surface area contributed by atoms with Crippen LogP contribution in [0.15, 0.2) is 29.3 Å². The van der Waals surface area contributed by atoms with Crippen LogP contribution in [-0.2, 0) is 4.79 Å². The summed E-state index contributed by atoms with van der Waals surface area (Å²) in [5.74, 6) is 0.985. The SMILES string of the molecule is COc1ccc(NC(=O)[C@H](C)Sc2nc(N)cc(N)c2C#N)cc1OC. The molecule has 0 bridgehead atoms. The minimum atomic E-state index is -0.538. The number of nitriles is 1. The maximum absolute atomic E-state index is 12.5. The second-order valence-electron chi connectivity index (χ2n) is 5.25. The molecule has 1 heterocycles. The molecule has 9 heteroatoms. The molecule has 0 aliphatic carbocycles. The predicted molar refractivity (Wildman–Crippen MR) is 101 cm³/mol. The molecule has 1 aromatic heterocycles. The number of ether oxygens (including phenoxy) is 2. The van der Waals surface area contributed by atoms with E-state index in [1.54, 1.807) is 25.1 Å². The molecular weight excluding hydrogens is 354 g/mol. The van der Waals surface area contributed by atoms with E-state index in [9.17, 15) is 10.1 Å². The summed E-state index contributed by atoms with van der Waals surface area (Å²) in [5.41, 5.74) is 12.5. The standard InChI is InChI=1S/C17H19N5O3S/c1-9(26-17-11(8-18)12(19)7-15(20)22-17)16(23)21-10-4-5-13(24-2)14(6-10)25-3/h4-7,9H,1-3H3,(H,21,23)(H4,19,20,22)/t9-/m0/s1. The van der Waals surface area contributed by atoms with E-state index < -0.39 is 5.25 Å². The number of rotatable bonds is 6. The first-order chi connectivity index (χ1) is 12.4. The van der Waals surface area contributed by atoms with Crippen LogP contribution in [0, 0.1) is 11.3 Å². The van der Waals surface area contributed by atoms with Crippen molar-refractivity contribution in [3.8, 4) is 17.6 Å². The molecule has 0 radical (unpaired) electrons. The van der Waals surface area contributed by atoms with Crippen molar-refractivity contribution >= 4 is 34.9 Å². The lowest BCUT2D eigenvalue weighted by molar-refractivity contribution is -0.115. The van der Waals surface area contributed by atoms with Crippen LogP contribution in [0.5, 0.6) is 11.5 Å². The van der Waals surface area contributed by atoms with E-state index in [-0.39, 0.29) is 23.0 Å². The molecule has 0 aliphatic rings. The normalized spacial score (nSPS) is 11.3. The van der Waals surface area contributed by atoms with Crippen LogP contribution in [0.4, 0.5) is 17.2 Å². The molecule has 1 atom stereocenters. The third kappa shape index (κ3) is 4.29. The fourth-order valence-electron chi connectivity index (χ4n) is 2.14. The molecular formula is C17H19N5O3S. The van der Waals surface area contributed by atoms with Crippen LogP contribution in [0.2, 0.25) is 0 Å². The zero-order valence-electron chi connectivity index (χ0n) is 14.6. The number of amides is 1. The minimum absolute atomic E-state index is 0.191. The molecule has 0 fully saturated rings. The van der Waals surface area contributed by atoms with Gasteiger partial charge in [-0.2, -0.15) is 5.26 Å². The molecule has 136 valence electrons. The largest absolute Gasteiger partial charge is 0.493 e. The third-order valence-corrected chi connectivity index (χ3v) is 4.54. The number of nitrogens with two attached hydrogens (primary N) is 2. The highest BCUT2D eigenvalue weighted by molar-refractivity contribution is 8.00. The number of nitrogen functional groups attached to an aromatic ring is 2. The number of benzene rings is 1. The lowest BCUT2D eigenvalue weighted by Gasteiger charge is -2.14. The summed E-state index contributed by atoms with van der Waals surface area (Å²) < 4.78 is 10.4. The Morgan fingerprint density at radius 1 is 1.27 bits per heavy atom. The van der Waals surface area contributed by atoms with Crippen molar-refractivity contribution in [1.82, 2.24) is 4.98 Å². The zero-order valence-corrected chi connectivity index (χ0v) is 15.4. The molecule has 1 aromatic carbocycles. The van der Waals surface area contributed by atoms with Gasteiger partial charge in [-0.3, -0.25) is 4.79 Å². The summed E-state index contributed by atoms with van der Waals surface area (Å²) in [4.78, 5) is 16.6. The fraction of sp³-hybridized carbons (Fsp3) is 0.235. The molecule has 0 aliphatic heterocycles. The molecule has 8 nitrogen and oxygen atoms in total. The molecule has 2 aromatic rings. The van der Waals surface area contributed by atoms with Gasteiger partial charge in [-0.15, -0.1) is 0 Å². The van der Waals surface area contributed by atoms with Gasteiger partial charge in [0.15, 0.2) is 11.5 Å². The van der Waals surface area contributed by atoms with E-state index >= 15 is 0 Å². The van der Waals surface area contributed by atoms with Crippen LogP contribution in [0.25, 0.3) is 0 Å². The first kappa shape index (κ1) is 19.2. The Bertz CT molecular complexity index is 866. The summed E-state index contributed by atoms with van der Waals surface area (Å²) in [5, 5.41) is 11.8. The van der Waals surface area contributed by atoms with Crippen molar-refractivity contribution in [2.45, 2.75) is 17.2 Å². The molecule has 0 spiro atoms. The molecule has 26 heavy (non-hydrogen) atoms. The Morgan fingerprint density at radius 3 is 2.58 bits per heavy atom. The van der Waals surface area contributed by atoms with Crippen LogP contribution in [0.3, 0.4) is 0 Å². The van der Waals surface area contributed by atoms with Crippen molar-refractivity contribution in [1.29, 1.82) is 5.26 Å². The van der Waals surface area contributed by atoms with Gasteiger partial charge in [0.2, 0.25) is 5.91 Å². The second-order valence-corrected chi connectivity index (χ2v) is 6.58. The molecule has 2 rings (SSSR count). The Kier molecular flexibility index (Phi) is 6.14. The quantitative estimate of drug-likeness (QED) is 0.656. The maximum atomic E-state index is 12.5. The number of nitrogens with zero attached hydrogens (tertiary/aromatic N) is 2. The molecule has 0 unspecified atom stereocenters. The monoisotopic (exact) mass is 373 g/mol. The van der Waals surface area contributed by atoms with E-state index in [1.807, 2.05) is 6.07 Å². The predicted octanol–water partition coefficient (Wildman–Crippen LogP) is 2.25. The lowest BCUT2D eigenvalue weighted by Crippen LogP contribution is -2.22.